The number of rotatable bonds is 2. The van der Waals surface area contributed by atoms with Gasteiger partial charge in [-0.2, -0.15) is 4.99 Å². The number of hydrogen-bond donors (Lipinski definition) is 0. The van der Waals surface area contributed by atoms with Crippen LogP contribution in [0.25, 0.3) is 10.4 Å². The van der Waals surface area contributed by atoms with Gasteiger partial charge >= 0.3 is 0 Å². The van der Waals surface area contributed by atoms with Gasteiger partial charge in [0.1, 0.15) is 11.6 Å². The van der Waals surface area contributed by atoms with E-state index in [9.17, 15) is 8.78 Å². The van der Waals surface area contributed by atoms with Crippen LogP contribution in [0.3, 0.4) is 0 Å². The minimum absolute atomic E-state index is 0.238. The zero-order chi connectivity index (χ0) is 17.8. The van der Waals surface area contributed by atoms with Crippen molar-refractivity contribution in [1.29, 1.82) is 0 Å². The number of thiophene rings is 1. The second-order valence-corrected chi connectivity index (χ2v) is 6.70. The summed E-state index contributed by atoms with van der Waals surface area (Å²) < 4.78 is 28.6. The summed E-state index contributed by atoms with van der Waals surface area (Å²) in [6.45, 7) is 1.95. The van der Waals surface area contributed by atoms with Crippen LogP contribution in [0.15, 0.2) is 53.5 Å². The van der Waals surface area contributed by atoms with Gasteiger partial charge < -0.3 is 0 Å². The van der Waals surface area contributed by atoms with Crippen molar-refractivity contribution in [2.75, 3.05) is 0 Å². The maximum atomic E-state index is 14.3. The Morgan fingerprint density at radius 3 is 2.20 bits per heavy atom. The van der Waals surface area contributed by atoms with Crippen molar-refractivity contribution >= 4 is 34.4 Å². The van der Waals surface area contributed by atoms with Crippen LogP contribution in [-0.4, -0.2) is 5.16 Å². The highest BCUT2D eigenvalue weighted by Gasteiger charge is 2.11. The molecule has 0 aliphatic carbocycles. The highest BCUT2D eigenvalue weighted by atomic mass is 32.1. The fourth-order valence-corrected chi connectivity index (χ4v) is 3.19. The molecule has 1 nitrogen and oxygen atoms in total. The van der Waals surface area contributed by atoms with Gasteiger partial charge in [0.15, 0.2) is 0 Å². The summed E-state index contributed by atoms with van der Waals surface area (Å²) in [6.07, 6.45) is 0. The first kappa shape index (κ1) is 17.2. The third-order valence-electron chi connectivity index (χ3n) is 3.44. The molecule has 0 unspecified atom stereocenters. The van der Waals surface area contributed by atoms with Gasteiger partial charge in [0.2, 0.25) is 0 Å². The van der Waals surface area contributed by atoms with Crippen molar-refractivity contribution < 1.29 is 8.78 Å². The Balaban J connectivity index is 1.92. The first-order valence-corrected chi connectivity index (χ1v) is 8.55. The largest absolute Gasteiger partial charge is 0.205 e. The number of aryl methyl sites for hydroxylation is 1. The molecule has 1 heterocycles. The second kappa shape index (κ2) is 7.50. The average Bonchev–Trinajstić information content (AvgIpc) is 3.02. The first-order valence-electron chi connectivity index (χ1n) is 7.32. The van der Waals surface area contributed by atoms with E-state index in [0.29, 0.717) is 16.8 Å². The SMILES string of the molecule is Cc1ccc(-c2cc(F)c(C#Cc3ccc(N=C=S)cc3)c(F)c2)s1. The number of nitrogens with zero attached hydrogens (tertiary/aromatic N) is 1. The number of thiocarbonyl (C=S) groups is 1. The molecule has 0 amide bonds. The van der Waals surface area contributed by atoms with E-state index in [1.54, 1.807) is 24.3 Å². The third kappa shape index (κ3) is 4.07. The predicted molar refractivity (Wildman–Crippen MR) is 102 cm³/mol. The first-order chi connectivity index (χ1) is 12.1. The molecule has 1 aromatic heterocycles. The molecule has 0 N–H and O–H groups in total. The molecule has 0 aliphatic rings. The Morgan fingerprint density at radius 2 is 1.64 bits per heavy atom. The monoisotopic (exact) mass is 367 g/mol. The number of benzene rings is 2. The molecule has 0 aliphatic heterocycles. The summed E-state index contributed by atoms with van der Waals surface area (Å²) in [6, 6.07) is 13.2. The molecule has 0 radical (unpaired) electrons. The van der Waals surface area contributed by atoms with Crippen LogP contribution in [0.5, 0.6) is 0 Å². The number of halogens is 2. The van der Waals surface area contributed by atoms with Crippen molar-refractivity contribution in [3.8, 4) is 22.3 Å². The Morgan fingerprint density at radius 1 is 0.960 bits per heavy atom. The quantitative estimate of drug-likeness (QED) is 0.301. The molecule has 0 saturated carbocycles. The Hall–Kier alpha value is -2.64. The topological polar surface area (TPSA) is 12.4 Å². The molecule has 122 valence electrons. The van der Waals surface area contributed by atoms with Gasteiger partial charge in [-0.25, -0.2) is 8.78 Å². The fourth-order valence-electron chi connectivity index (χ4n) is 2.23. The zero-order valence-corrected chi connectivity index (χ0v) is 14.8. The Kier molecular flexibility index (Phi) is 5.16. The van der Waals surface area contributed by atoms with Gasteiger partial charge in [0.05, 0.1) is 16.4 Å². The van der Waals surface area contributed by atoms with E-state index in [1.165, 1.54) is 23.5 Å². The average molecular weight is 367 g/mol. The molecule has 2 aromatic carbocycles. The van der Waals surface area contributed by atoms with Crippen molar-refractivity contribution in [2.24, 2.45) is 4.99 Å². The van der Waals surface area contributed by atoms with Crippen LogP contribution in [0.4, 0.5) is 14.5 Å². The van der Waals surface area contributed by atoms with Crippen LogP contribution in [0.2, 0.25) is 0 Å². The van der Waals surface area contributed by atoms with Gasteiger partial charge in [-0.15, -0.1) is 11.3 Å². The van der Waals surface area contributed by atoms with Crippen LogP contribution >= 0.6 is 23.6 Å². The van der Waals surface area contributed by atoms with E-state index in [-0.39, 0.29) is 5.56 Å². The smallest absolute Gasteiger partial charge is 0.142 e. The summed E-state index contributed by atoms with van der Waals surface area (Å²) >= 11 is 6.02. The van der Waals surface area contributed by atoms with E-state index < -0.39 is 11.6 Å². The highest BCUT2D eigenvalue weighted by Crippen LogP contribution is 2.30. The number of aliphatic imine (C=N–C) groups is 1. The summed E-state index contributed by atoms with van der Waals surface area (Å²) in [5.74, 6) is 3.99. The van der Waals surface area contributed by atoms with Crippen molar-refractivity contribution in [1.82, 2.24) is 0 Å². The van der Waals surface area contributed by atoms with E-state index in [4.69, 9.17) is 0 Å². The van der Waals surface area contributed by atoms with E-state index >= 15 is 0 Å². The molecular formula is C20H11F2NS2. The van der Waals surface area contributed by atoms with Crippen molar-refractivity contribution in [3.63, 3.8) is 0 Å². The lowest BCUT2D eigenvalue weighted by molar-refractivity contribution is 0.578. The molecule has 0 bridgehead atoms. The summed E-state index contributed by atoms with van der Waals surface area (Å²) in [5, 5.41) is 2.27. The lowest BCUT2D eigenvalue weighted by Crippen LogP contribution is -1.91. The van der Waals surface area contributed by atoms with Gasteiger partial charge in [0, 0.05) is 15.3 Å². The lowest BCUT2D eigenvalue weighted by atomic mass is 10.1. The molecule has 0 spiro atoms. The summed E-state index contributed by atoms with van der Waals surface area (Å²) in [7, 11) is 0. The van der Waals surface area contributed by atoms with Crippen LogP contribution < -0.4 is 0 Å². The lowest BCUT2D eigenvalue weighted by Gasteiger charge is -2.02. The van der Waals surface area contributed by atoms with Gasteiger partial charge in [-0.05, 0) is 73.2 Å². The standard InChI is InChI=1S/C20H11F2NS2/c1-13-2-9-20(25-13)15-10-18(21)17(19(22)11-15)8-5-14-3-6-16(7-4-14)23-12-24/h2-4,6-7,9-11H,1H3. The van der Waals surface area contributed by atoms with E-state index in [1.807, 2.05) is 19.1 Å². The minimum Gasteiger partial charge on any atom is -0.205 e. The highest BCUT2D eigenvalue weighted by molar-refractivity contribution is 7.78. The Bertz CT molecular complexity index is 1010. The fraction of sp³-hybridized carbons (Fsp3) is 0.0500. The van der Waals surface area contributed by atoms with Crippen molar-refractivity contribution in [2.45, 2.75) is 6.92 Å². The van der Waals surface area contributed by atoms with Crippen molar-refractivity contribution in [3.05, 3.63) is 76.2 Å². The molecule has 0 saturated heterocycles. The molecule has 25 heavy (non-hydrogen) atoms. The zero-order valence-electron chi connectivity index (χ0n) is 13.1. The normalized spacial score (nSPS) is 9.88. The third-order valence-corrected chi connectivity index (χ3v) is 4.58. The van der Waals surface area contributed by atoms with Crippen LogP contribution in [0.1, 0.15) is 16.0 Å². The maximum Gasteiger partial charge on any atom is 0.142 e. The summed E-state index contributed by atoms with van der Waals surface area (Å²) in [5.41, 5.74) is 1.55. The molecule has 0 atom stereocenters. The van der Waals surface area contributed by atoms with Gasteiger partial charge in [-0.1, -0.05) is 11.8 Å². The van der Waals surface area contributed by atoms with Crippen LogP contribution in [-0.2, 0) is 0 Å². The Labute approximate surface area is 153 Å². The van der Waals surface area contributed by atoms with E-state index in [0.717, 1.165) is 9.75 Å². The molecule has 3 aromatic rings. The number of isothiocyanates is 1. The maximum absolute atomic E-state index is 14.3. The predicted octanol–water partition coefficient (Wildman–Crippen LogP) is 6.14. The van der Waals surface area contributed by atoms with Crippen LogP contribution in [0, 0.1) is 30.4 Å². The summed E-state index contributed by atoms with van der Waals surface area (Å²) in [4.78, 5) is 5.74. The van der Waals surface area contributed by atoms with Gasteiger partial charge in [-0.3, -0.25) is 0 Å². The minimum atomic E-state index is -0.671. The van der Waals surface area contributed by atoms with Gasteiger partial charge in [0.25, 0.3) is 0 Å². The molecule has 3 rings (SSSR count). The molecule has 5 heteroatoms. The number of hydrogen-bond acceptors (Lipinski definition) is 3. The second-order valence-electron chi connectivity index (χ2n) is 5.23. The molecule has 0 fully saturated rings. The molecular weight excluding hydrogens is 356 g/mol. The van der Waals surface area contributed by atoms with E-state index in [2.05, 4.69) is 34.2 Å².